The Kier molecular flexibility index (Phi) is 10.5. The van der Waals surface area contributed by atoms with Crippen LogP contribution in [0, 0.1) is 5.92 Å². The molecule has 27 heavy (non-hydrogen) atoms. The highest BCUT2D eigenvalue weighted by molar-refractivity contribution is 5.79. The first-order valence-electron chi connectivity index (χ1n) is 9.49. The highest BCUT2D eigenvalue weighted by Gasteiger charge is 2.15. The van der Waals surface area contributed by atoms with E-state index in [1.165, 1.54) is 0 Å². The van der Waals surface area contributed by atoms with Gasteiger partial charge < -0.3 is 29.6 Å². The van der Waals surface area contributed by atoms with Crippen LogP contribution in [0.4, 0.5) is 0 Å². The van der Waals surface area contributed by atoms with E-state index < -0.39 is 0 Å². The molecule has 0 aliphatic carbocycles. The molecule has 0 bridgehead atoms. The number of aliphatic imine (C=N–C) groups is 1. The lowest BCUT2D eigenvalue weighted by Gasteiger charge is -2.14. The Morgan fingerprint density at radius 1 is 1.33 bits per heavy atom. The van der Waals surface area contributed by atoms with Crippen molar-refractivity contribution < 1.29 is 18.9 Å². The maximum atomic E-state index is 5.71. The lowest BCUT2D eigenvalue weighted by molar-refractivity contribution is 0.0888. The number of pyridine rings is 1. The molecule has 0 aromatic carbocycles. The molecular weight excluding hydrogens is 348 g/mol. The van der Waals surface area contributed by atoms with Gasteiger partial charge in [-0.25, -0.2) is 4.98 Å². The van der Waals surface area contributed by atoms with Gasteiger partial charge in [0, 0.05) is 58.1 Å². The van der Waals surface area contributed by atoms with Crippen molar-refractivity contribution in [2.75, 3.05) is 60.3 Å². The van der Waals surface area contributed by atoms with Crippen molar-refractivity contribution in [3.8, 4) is 5.88 Å². The molecule has 0 saturated carbocycles. The second-order valence-corrected chi connectivity index (χ2v) is 6.32. The molecule has 0 radical (unpaired) electrons. The van der Waals surface area contributed by atoms with Gasteiger partial charge in [-0.05, 0) is 18.9 Å². The van der Waals surface area contributed by atoms with Gasteiger partial charge in [0.1, 0.15) is 6.61 Å². The predicted molar refractivity (Wildman–Crippen MR) is 104 cm³/mol. The molecule has 1 aliphatic heterocycles. The molecule has 1 aromatic heterocycles. The predicted octanol–water partition coefficient (Wildman–Crippen LogP) is 1.22. The topological polar surface area (TPSA) is 86.2 Å². The lowest BCUT2D eigenvalue weighted by atomic mass is 10.1. The SMILES string of the molecule is CN=C(NCCCOCC1CCOC1)NCc1cccnc1OCCOC. The van der Waals surface area contributed by atoms with E-state index in [9.17, 15) is 0 Å². The standard InChI is InChI=1S/C19H32N4O4/c1-20-19(22-8-4-9-25-14-16-6-10-26-15-16)23-13-17-5-3-7-21-18(17)27-12-11-24-2/h3,5,7,16H,4,6,8-15H2,1-2H3,(H2,20,22,23). The van der Waals surface area contributed by atoms with E-state index in [0.29, 0.717) is 31.6 Å². The van der Waals surface area contributed by atoms with Crippen molar-refractivity contribution in [1.29, 1.82) is 0 Å². The zero-order chi connectivity index (χ0) is 19.2. The van der Waals surface area contributed by atoms with Crippen LogP contribution in [0.25, 0.3) is 0 Å². The van der Waals surface area contributed by atoms with E-state index in [-0.39, 0.29) is 0 Å². The maximum absolute atomic E-state index is 5.71. The number of nitrogens with one attached hydrogen (secondary N) is 2. The van der Waals surface area contributed by atoms with Crippen molar-refractivity contribution >= 4 is 5.96 Å². The van der Waals surface area contributed by atoms with Gasteiger partial charge in [0.2, 0.25) is 5.88 Å². The quantitative estimate of drug-likeness (QED) is 0.320. The third-order valence-electron chi connectivity index (χ3n) is 4.18. The number of rotatable bonds is 12. The Labute approximate surface area is 161 Å². The molecule has 8 nitrogen and oxygen atoms in total. The van der Waals surface area contributed by atoms with Gasteiger partial charge in [0.05, 0.1) is 19.8 Å². The summed E-state index contributed by atoms with van der Waals surface area (Å²) in [7, 11) is 3.40. The van der Waals surface area contributed by atoms with Crippen molar-refractivity contribution in [3.63, 3.8) is 0 Å². The van der Waals surface area contributed by atoms with Crippen LogP contribution in [0.2, 0.25) is 0 Å². The van der Waals surface area contributed by atoms with E-state index in [1.54, 1.807) is 20.4 Å². The minimum absolute atomic E-state index is 0.473. The monoisotopic (exact) mass is 380 g/mol. The summed E-state index contributed by atoms with van der Waals surface area (Å²) in [6.45, 7) is 5.61. The smallest absolute Gasteiger partial charge is 0.218 e. The fraction of sp³-hybridized carbons (Fsp3) is 0.684. The van der Waals surface area contributed by atoms with E-state index >= 15 is 0 Å². The second kappa shape index (κ2) is 13.3. The second-order valence-electron chi connectivity index (χ2n) is 6.32. The summed E-state index contributed by atoms with van der Waals surface area (Å²) in [6.07, 6.45) is 3.75. The Balaban J connectivity index is 1.62. The molecule has 0 spiro atoms. The first-order valence-corrected chi connectivity index (χ1v) is 9.49. The number of methoxy groups -OCH3 is 1. The number of hydrogen-bond donors (Lipinski definition) is 2. The molecule has 152 valence electrons. The third-order valence-corrected chi connectivity index (χ3v) is 4.18. The van der Waals surface area contributed by atoms with Crippen molar-refractivity contribution in [2.45, 2.75) is 19.4 Å². The number of nitrogens with zero attached hydrogens (tertiary/aromatic N) is 2. The summed E-state index contributed by atoms with van der Waals surface area (Å²) >= 11 is 0. The van der Waals surface area contributed by atoms with E-state index in [2.05, 4.69) is 20.6 Å². The molecule has 8 heteroatoms. The van der Waals surface area contributed by atoms with Crippen LogP contribution in [0.3, 0.4) is 0 Å². The molecule has 2 N–H and O–H groups in total. The van der Waals surface area contributed by atoms with Gasteiger partial charge in [-0.1, -0.05) is 6.07 Å². The zero-order valence-corrected chi connectivity index (χ0v) is 16.4. The molecule has 1 fully saturated rings. The summed E-state index contributed by atoms with van der Waals surface area (Å²) in [6, 6.07) is 3.87. The van der Waals surface area contributed by atoms with Gasteiger partial charge in [0.25, 0.3) is 0 Å². The summed E-state index contributed by atoms with van der Waals surface area (Å²) in [5.74, 6) is 1.92. The van der Waals surface area contributed by atoms with Crippen molar-refractivity contribution in [2.24, 2.45) is 10.9 Å². The maximum Gasteiger partial charge on any atom is 0.218 e. The van der Waals surface area contributed by atoms with Crippen LogP contribution in [-0.4, -0.2) is 71.3 Å². The minimum atomic E-state index is 0.473. The van der Waals surface area contributed by atoms with Crippen LogP contribution in [0.1, 0.15) is 18.4 Å². The fourth-order valence-electron chi connectivity index (χ4n) is 2.66. The van der Waals surface area contributed by atoms with Crippen molar-refractivity contribution in [1.82, 2.24) is 15.6 Å². The molecule has 2 rings (SSSR count). The van der Waals surface area contributed by atoms with E-state index in [4.69, 9.17) is 18.9 Å². The highest BCUT2D eigenvalue weighted by Crippen LogP contribution is 2.14. The zero-order valence-electron chi connectivity index (χ0n) is 16.4. The van der Waals surface area contributed by atoms with Crippen LogP contribution in [-0.2, 0) is 20.8 Å². The average Bonchev–Trinajstić information content (AvgIpc) is 3.21. The highest BCUT2D eigenvalue weighted by atomic mass is 16.5. The normalized spacial score (nSPS) is 17.1. The van der Waals surface area contributed by atoms with E-state index in [1.807, 2.05) is 12.1 Å². The Hall–Kier alpha value is -1.90. The molecule has 1 unspecified atom stereocenters. The fourth-order valence-corrected chi connectivity index (χ4v) is 2.66. The Morgan fingerprint density at radius 3 is 3.04 bits per heavy atom. The van der Waals surface area contributed by atoms with Gasteiger partial charge in [-0.2, -0.15) is 0 Å². The molecule has 1 saturated heterocycles. The van der Waals surface area contributed by atoms with Gasteiger partial charge in [-0.3, -0.25) is 4.99 Å². The third kappa shape index (κ3) is 8.55. The van der Waals surface area contributed by atoms with Gasteiger partial charge in [0.15, 0.2) is 5.96 Å². The van der Waals surface area contributed by atoms with Crippen LogP contribution in [0.5, 0.6) is 5.88 Å². The largest absolute Gasteiger partial charge is 0.475 e. The lowest BCUT2D eigenvalue weighted by Crippen LogP contribution is -2.37. The molecule has 2 heterocycles. The minimum Gasteiger partial charge on any atom is -0.475 e. The first kappa shape index (κ1) is 21.4. The number of ether oxygens (including phenoxy) is 4. The molecule has 1 aliphatic rings. The average molecular weight is 380 g/mol. The van der Waals surface area contributed by atoms with Crippen LogP contribution in [0.15, 0.2) is 23.3 Å². The summed E-state index contributed by atoms with van der Waals surface area (Å²) in [5.41, 5.74) is 0.971. The molecule has 1 aromatic rings. The first-order chi connectivity index (χ1) is 13.3. The Bertz CT molecular complexity index is 550. The molecule has 0 amide bonds. The van der Waals surface area contributed by atoms with Gasteiger partial charge >= 0.3 is 0 Å². The van der Waals surface area contributed by atoms with Gasteiger partial charge in [-0.15, -0.1) is 0 Å². The summed E-state index contributed by atoms with van der Waals surface area (Å²) in [4.78, 5) is 8.52. The van der Waals surface area contributed by atoms with E-state index in [0.717, 1.165) is 57.3 Å². The summed E-state index contributed by atoms with van der Waals surface area (Å²) in [5, 5.41) is 6.58. The van der Waals surface area contributed by atoms with Crippen LogP contribution < -0.4 is 15.4 Å². The van der Waals surface area contributed by atoms with Crippen LogP contribution >= 0.6 is 0 Å². The summed E-state index contributed by atoms with van der Waals surface area (Å²) < 4.78 is 21.7. The number of hydrogen-bond acceptors (Lipinski definition) is 6. The number of guanidine groups is 1. The van der Waals surface area contributed by atoms with Crippen molar-refractivity contribution in [3.05, 3.63) is 23.9 Å². The molecular formula is C19H32N4O4. The molecule has 1 atom stereocenters. The number of aromatic nitrogens is 1. The Morgan fingerprint density at radius 2 is 2.26 bits per heavy atom.